The van der Waals surface area contributed by atoms with Crippen LogP contribution in [0.15, 0.2) is 24.3 Å². The van der Waals surface area contributed by atoms with Crippen LogP contribution in [-0.2, 0) is 11.3 Å². The molecule has 1 aromatic rings. The Bertz CT molecular complexity index is 662. The molecule has 128 valence electrons. The van der Waals surface area contributed by atoms with E-state index in [0.717, 1.165) is 18.4 Å². The molecule has 3 N–H and O–H groups in total. The molecule has 4 rings (SSSR count). The van der Waals surface area contributed by atoms with Crippen molar-refractivity contribution in [3.05, 3.63) is 35.4 Å². The summed E-state index contributed by atoms with van der Waals surface area (Å²) in [5.74, 6) is 0.282. The monoisotopic (exact) mass is 328 g/mol. The summed E-state index contributed by atoms with van der Waals surface area (Å²) in [5.41, 5.74) is 8.23. The lowest BCUT2D eigenvalue weighted by Gasteiger charge is -2.29. The summed E-state index contributed by atoms with van der Waals surface area (Å²) < 4.78 is 0. The molecule has 1 aromatic carbocycles. The highest BCUT2D eigenvalue weighted by atomic mass is 16.2. The van der Waals surface area contributed by atoms with Gasteiger partial charge in [-0.3, -0.25) is 15.0 Å². The van der Waals surface area contributed by atoms with Crippen LogP contribution in [0.2, 0.25) is 0 Å². The lowest BCUT2D eigenvalue weighted by atomic mass is 9.84. The van der Waals surface area contributed by atoms with Gasteiger partial charge in [-0.25, -0.2) is 5.43 Å². The van der Waals surface area contributed by atoms with E-state index in [1.807, 2.05) is 24.3 Å². The lowest BCUT2D eigenvalue weighted by Crippen LogP contribution is -2.53. The summed E-state index contributed by atoms with van der Waals surface area (Å²) in [6.07, 6.45) is 4.68. The minimum atomic E-state index is -0.477. The van der Waals surface area contributed by atoms with E-state index in [2.05, 4.69) is 16.2 Å². The van der Waals surface area contributed by atoms with Crippen LogP contribution < -0.4 is 16.2 Å². The first-order valence-electron chi connectivity index (χ1n) is 8.85. The predicted molar refractivity (Wildman–Crippen MR) is 89.7 cm³/mol. The number of hydrogen-bond donors (Lipinski definition) is 3. The van der Waals surface area contributed by atoms with E-state index < -0.39 is 6.04 Å². The highest BCUT2D eigenvalue weighted by Gasteiger charge is 2.40. The molecule has 1 saturated heterocycles. The molecule has 0 aromatic heterocycles. The molecule has 24 heavy (non-hydrogen) atoms. The molecular weight excluding hydrogens is 304 g/mol. The number of hydrogen-bond acceptors (Lipinski definition) is 4. The minimum Gasteiger partial charge on any atom is -0.337 e. The summed E-state index contributed by atoms with van der Waals surface area (Å²) in [5, 5.41) is 3.10. The number of hydrazine groups is 1. The van der Waals surface area contributed by atoms with Crippen molar-refractivity contribution in [1.82, 2.24) is 21.1 Å². The molecular formula is C18H24N4O2. The van der Waals surface area contributed by atoms with Gasteiger partial charge in [0.05, 0.1) is 6.17 Å². The molecule has 4 atom stereocenters. The van der Waals surface area contributed by atoms with Crippen LogP contribution in [0.5, 0.6) is 0 Å². The van der Waals surface area contributed by atoms with Crippen LogP contribution in [0, 0.1) is 5.92 Å². The predicted octanol–water partition coefficient (Wildman–Crippen LogP) is 1.14. The van der Waals surface area contributed by atoms with E-state index in [4.69, 9.17) is 0 Å². The summed E-state index contributed by atoms with van der Waals surface area (Å²) in [7, 11) is 0. The fourth-order valence-corrected chi connectivity index (χ4v) is 4.19. The molecule has 6 heteroatoms. The van der Waals surface area contributed by atoms with Gasteiger partial charge >= 0.3 is 0 Å². The first-order valence-corrected chi connectivity index (χ1v) is 8.85. The number of carbonyl (C=O) groups is 2. The van der Waals surface area contributed by atoms with Crippen molar-refractivity contribution in [1.29, 1.82) is 0 Å². The Morgan fingerprint density at radius 3 is 2.88 bits per heavy atom. The van der Waals surface area contributed by atoms with Crippen LogP contribution in [-0.4, -0.2) is 35.0 Å². The largest absolute Gasteiger partial charge is 0.337 e. The Morgan fingerprint density at radius 1 is 1.25 bits per heavy atom. The summed E-state index contributed by atoms with van der Waals surface area (Å²) >= 11 is 0. The Labute approximate surface area is 141 Å². The van der Waals surface area contributed by atoms with Crippen LogP contribution in [0.25, 0.3) is 0 Å². The number of nitrogens with zero attached hydrogens (tertiary/aromatic N) is 1. The fourth-order valence-electron chi connectivity index (χ4n) is 4.19. The maximum atomic E-state index is 12.7. The van der Waals surface area contributed by atoms with Crippen LogP contribution in [0.1, 0.15) is 48.5 Å². The number of fused-ring (bicyclic) bond motifs is 2. The molecule has 0 bridgehead atoms. The average molecular weight is 328 g/mol. The van der Waals surface area contributed by atoms with E-state index in [9.17, 15) is 9.59 Å². The summed E-state index contributed by atoms with van der Waals surface area (Å²) in [4.78, 5) is 26.9. The van der Waals surface area contributed by atoms with Gasteiger partial charge in [-0.05, 0) is 31.4 Å². The Balaban J connectivity index is 1.41. The smallest absolute Gasteiger partial charge is 0.255 e. The molecule has 4 unspecified atom stereocenters. The summed E-state index contributed by atoms with van der Waals surface area (Å²) in [6, 6.07) is 7.54. The van der Waals surface area contributed by atoms with Crippen molar-refractivity contribution >= 4 is 11.8 Å². The minimum absolute atomic E-state index is 0.0506. The Kier molecular flexibility index (Phi) is 4.02. The normalized spacial score (nSPS) is 30.0. The highest BCUT2D eigenvalue weighted by molar-refractivity contribution is 6.01. The molecule has 1 saturated carbocycles. The van der Waals surface area contributed by atoms with Crippen LogP contribution in [0.4, 0.5) is 0 Å². The second kappa shape index (κ2) is 6.18. The number of rotatable bonds is 3. The van der Waals surface area contributed by atoms with Crippen molar-refractivity contribution in [2.75, 3.05) is 0 Å². The van der Waals surface area contributed by atoms with E-state index >= 15 is 0 Å². The lowest BCUT2D eigenvalue weighted by molar-refractivity contribution is -0.126. The van der Waals surface area contributed by atoms with Crippen LogP contribution in [0.3, 0.4) is 0 Å². The number of carbonyl (C=O) groups excluding carboxylic acids is 2. The van der Waals surface area contributed by atoms with Gasteiger partial charge in [-0.15, -0.1) is 0 Å². The van der Waals surface area contributed by atoms with E-state index in [0.29, 0.717) is 24.1 Å². The highest BCUT2D eigenvalue weighted by Crippen LogP contribution is 2.29. The van der Waals surface area contributed by atoms with E-state index in [1.54, 1.807) is 11.8 Å². The molecule has 2 fully saturated rings. The first kappa shape index (κ1) is 15.6. The third-order valence-corrected chi connectivity index (χ3v) is 5.67. The topological polar surface area (TPSA) is 73.5 Å². The van der Waals surface area contributed by atoms with Crippen molar-refractivity contribution in [3.63, 3.8) is 0 Å². The van der Waals surface area contributed by atoms with E-state index in [-0.39, 0.29) is 18.0 Å². The molecule has 1 aliphatic carbocycles. The van der Waals surface area contributed by atoms with Gasteiger partial charge in [0.25, 0.3) is 5.91 Å². The molecule has 3 aliphatic rings. The van der Waals surface area contributed by atoms with E-state index in [1.165, 1.54) is 12.8 Å². The van der Waals surface area contributed by atoms with Gasteiger partial charge in [-0.2, -0.15) is 0 Å². The maximum absolute atomic E-state index is 12.7. The molecule has 0 radical (unpaired) electrons. The molecule has 2 aliphatic heterocycles. The van der Waals surface area contributed by atoms with Gasteiger partial charge in [0.2, 0.25) is 5.91 Å². The Morgan fingerprint density at radius 2 is 2.04 bits per heavy atom. The van der Waals surface area contributed by atoms with Crippen molar-refractivity contribution in [3.8, 4) is 0 Å². The third kappa shape index (κ3) is 2.59. The molecule has 2 amide bonds. The third-order valence-electron chi connectivity index (χ3n) is 5.67. The second-order valence-electron chi connectivity index (χ2n) is 7.10. The molecule has 0 spiro atoms. The maximum Gasteiger partial charge on any atom is 0.255 e. The standard InChI is InChI=1S/C18H24N4O2/c1-11(22-10-12-6-2-3-7-13(12)18(22)24)17(23)19-16-14-8-4-5-9-15(14)20-21-16/h2-3,6-7,11,14-16,20-21H,4-5,8-10H2,1H3,(H,19,23). The molecule has 2 heterocycles. The summed E-state index contributed by atoms with van der Waals surface area (Å²) in [6.45, 7) is 2.31. The quantitative estimate of drug-likeness (QED) is 0.778. The number of amides is 2. The average Bonchev–Trinajstić information content (AvgIpc) is 3.16. The Hall–Kier alpha value is -1.92. The van der Waals surface area contributed by atoms with Crippen LogP contribution >= 0.6 is 0 Å². The number of nitrogens with one attached hydrogen (secondary N) is 3. The van der Waals surface area contributed by atoms with Gasteiger partial charge in [0.15, 0.2) is 0 Å². The van der Waals surface area contributed by atoms with Crippen molar-refractivity contribution in [2.45, 2.75) is 57.4 Å². The molecule has 6 nitrogen and oxygen atoms in total. The van der Waals surface area contributed by atoms with Gasteiger partial charge in [0, 0.05) is 24.1 Å². The van der Waals surface area contributed by atoms with Crippen molar-refractivity contribution < 1.29 is 9.59 Å². The SMILES string of the molecule is CC(C(=O)NC1NNC2CCCCC21)N1Cc2ccccc2C1=O. The zero-order valence-electron chi connectivity index (χ0n) is 13.9. The van der Waals surface area contributed by atoms with Gasteiger partial charge in [0.1, 0.15) is 6.04 Å². The fraction of sp³-hybridized carbons (Fsp3) is 0.556. The first-order chi connectivity index (χ1) is 11.6. The van der Waals surface area contributed by atoms with Gasteiger partial charge in [-0.1, -0.05) is 31.0 Å². The second-order valence-corrected chi connectivity index (χ2v) is 7.10. The van der Waals surface area contributed by atoms with Crippen molar-refractivity contribution in [2.24, 2.45) is 5.92 Å². The zero-order chi connectivity index (χ0) is 16.7. The zero-order valence-corrected chi connectivity index (χ0v) is 13.9. The number of benzene rings is 1. The van der Waals surface area contributed by atoms with Gasteiger partial charge < -0.3 is 10.2 Å².